The predicted octanol–water partition coefficient (Wildman–Crippen LogP) is 2.24. The van der Waals surface area contributed by atoms with Crippen molar-refractivity contribution in [2.45, 2.75) is 0 Å². The summed E-state index contributed by atoms with van der Waals surface area (Å²) in [6, 6.07) is 5.50. The number of hydrogen-bond acceptors (Lipinski definition) is 6. The third-order valence-corrected chi connectivity index (χ3v) is 4.37. The van der Waals surface area contributed by atoms with Crippen LogP contribution in [0.3, 0.4) is 0 Å². The minimum absolute atomic E-state index is 0.0332. The van der Waals surface area contributed by atoms with Gasteiger partial charge in [-0.25, -0.2) is 0 Å². The van der Waals surface area contributed by atoms with Crippen molar-refractivity contribution in [3.8, 4) is 11.5 Å². The monoisotopic (exact) mass is 353 g/mol. The van der Waals surface area contributed by atoms with Crippen molar-refractivity contribution < 1.29 is 23.7 Å². The van der Waals surface area contributed by atoms with E-state index in [4.69, 9.17) is 18.9 Å². The molecule has 0 unspecified atom stereocenters. The van der Waals surface area contributed by atoms with Crippen LogP contribution >= 0.6 is 11.8 Å². The highest BCUT2D eigenvalue weighted by Crippen LogP contribution is 2.28. The van der Waals surface area contributed by atoms with E-state index >= 15 is 0 Å². The molecule has 1 saturated heterocycles. The summed E-state index contributed by atoms with van der Waals surface area (Å²) in [5, 5.41) is 0. The molecule has 1 heterocycles. The average Bonchev–Trinajstić information content (AvgIpc) is 3.14. The van der Waals surface area contributed by atoms with Crippen molar-refractivity contribution in [3.63, 3.8) is 0 Å². The highest BCUT2D eigenvalue weighted by molar-refractivity contribution is 7.99. The number of carbonyl (C=O) groups excluding carboxylic acids is 1. The van der Waals surface area contributed by atoms with Gasteiger partial charge in [-0.15, -0.1) is 11.8 Å². The standard InChI is InChI=1S/C17H23NO5S/c1-20-8-9-22-13-23-15-5-3-14(11-16(15)21-2)4-6-17(19)18-7-10-24-12-18/h3-6,11H,7-10,12-13H2,1-2H3/b6-4+. The van der Waals surface area contributed by atoms with Crippen molar-refractivity contribution in [2.75, 3.05) is 52.4 Å². The van der Waals surface area contributed by atoms with Crippen molar-refractivity contribution in [2.24, 2.45) is 0 Å². The summed E-state index contributed by atoms with van der Waals surface area (Å²) in [6.45, 7) is 1.93. The summed E-state index contributed by atoms with van der Waals surface area (Å²) in [5.74, 6) is 2.99. The lowest BCUT2D eigenvalue weighted by atomic mass is 10.2. The van der Waals surface area contributed by atoms with Crippen LogP contribution in [-0.4, -0.2) is 63.2 Å². The number of hydrogen-bond donors (Lipinski definition) is 0. The van der Waals surface area contributed by atoms with Gasteiger partial charge in [0, 0.05) is 25.5 Å². The zero-order valence-corrected chi connectivity index (χ0v) is 14.8. The molecule has 1 aliphatic heterocycles. The molecule has 1 aromatic carbocycles. The Labute approximate surface area is 146 Å². The van der Waals surface area contributed by atoms with Crippen molar-refractivity contribution in [1.82, 2.24) is 4.90 Å². The maximum atomic E-state index is 12.0. The average molecular weight is 353 g/mol. The fraction of sp³-hybridized carbons (Fsp3) is 0.471. The van der Waals surface area contributed by atoms with Gasteiger partial charge in [0.05, 0.1) is 26.2 Å². The number of nitrogens with zero attached hydrogens (tertiary/aromatic N) is 1. The lowest BCUT2D eigenvalue weighted by molar-refractivity contribution is -0.124. The van der Waals surface area contributed by atoms with Gasteiger partial charge in [-0.3, -0.25) is 4.79 Å². The quantitative estimate of drug-likeness (QED) is 0.386. The van der Waals surface area contributed by atoms with Gasteiger partial charge in [0.1, 0.15) is 0 Å². The Hall–Kier alpha value is -1.70. The molecule has 132 valence electrons. The number of rotatable bonds is 9. The number of thioether (sulfide) groups is 1. The Morgan fingerprint density at radius 1 is 1.29 bits per heavy atom. The SMILES string of the molecule is COCCOCOc1ccc(/C=C/C(=O)N2CCSC2)cc1OC. The van der Waals surface area contributed by atoms with Crippen LogP contribution in [0.25, 0.3) is 6.08 Å². The third-order valence-electron chi connectivity index (χ3n) is 3.40. The first kappa shape index (κ1) is 18.6. The molecule has 1 aromatic rings. The Bertz CT molecular complexity index is 558. The topological polar surface area (TPSA) is 57.2 Å². The van der Waals surface area contributed by atoms with E-state index in [0.29, 0.717) is 24.7 Å². The molecule has 0 aromatic heterocycles. The summed E-state index contributed by atoms with van der Waals surface area (Å²) >= 11 is 1.77. The van der Waals surface area contributed by atoms with E-state index < -0.39 is 0 Å². The summed E-state index contributed by atoms with van der Waals surface area (Å²) in [7, 11) is 3.20. The molecule has 0 atom stereocenters. The third kappa shape index (κ3) is 5.74. The van der Waals surface area contributed by atoms with Gasteiger partial charge >= 0.3 is 0 Å². The first-order valence-corrected chi connectivity index (χ1v) is 8.82. The first-order chi connectivity index (χ1) is 11.7. The molecule has 0 aliphatic carbocycles. The fourth-order valence-electron chi connectivity index (χ4n) is 2.07. The number of methoxy groups -OCH3 is 2. The van der Waals surface area contributed by atoms with E-state index in [-0.39, 0.29) is 12.7 Å². The van der Waals surface area contributed by atoms with Crippen LogP contribution < -0.4 is 9.47 Å². The normalized spacial score (nSPS) is 14.3. The van der Waals surface area contributed by atoms with E-state index in [1.54, 1.807) is 44.2 Å². The van der Waals surface area contributed by atoms with E-state index in [1.807, 2.05) is 17.0 Å². The van der Waals surface area contributed by atoms with Gasteiger partial charge in [-0.1, -0.05) is 6.07 Å². The summed E-state index contributed by atoms with van der Waals surface area (Å²) in [4.78, 5) is 13.8. The molecule has 1 aliphatic rings. The Morgan fingerprint density at radius 3 is 2.88 bits per heavy atom. The molecule has 1 amide bonds. The van der Waals surface area contributed by atoms with Gasteiger partial charge in [-0.05, 0) is 23.8 Å². The molecular weight excluding hydrogens is 330 g/mol. The maximum Gasteiger partial charge on any atom is 0.247 e. The second-order valence-corrected chi connectivity index (χ2v) is 6.12. The molecule has 0 N–H and O–H groups in total. The second kappa shape index (κ2) is 10.2. The number of carbonyl (C=O) groups is 1. The molecule has 0 radical (unpaired) electrons. The smallest absolute Gasteiger partial charge is 0.247 e. The minimum Gasteiger partial charge on any atom is -0.493 e. The molecule has 6 nitrogen and oxygen atoms in total. The second-order valence-electron chi connectivity index (χ2n) is 5.05. The van der Waals surface area contributed by atoms with Gasteiger partial charge in [0.25, 0.3) is 0 Å². The largest absolute Gasteiger partial charge is 0.493 e. The van der Waals surface area contributed by atoms with Crippen molar-refractivity contribution in [1.29, 1.82) is 0 Å². The van der Waals surface area contributed by atoms with E-state index in [2.05, 4.69) is 0 Å². The first-order valence-electron chi connectivity index (χ1n) is 7.67. The highest BCUT2D eigenvalue weighted by atomic mass is 32.2. The van der Waals surface area contributed by atoms with Gasteiger partial charge < -0.3 is 23.8 Å². The molecule has 1 fully saturated rings. The molecule has 24 heavy (non-hydrogen) atoms. The Morgan fingerprint density at radius 2 is 2.17 bits per heavy atom. The number of amides is 1. The zero-order chi connectivity index (χ0) is 17.2. The van der Waals surface area contributed by atoms with Crippen LogP contribution in [0, 0.1) is 0 Å². The molecule has 2 rings (SSSR count). The van der Waals surface area contributed by atoms with Gasteiger partial charge in [0.2, 0.25) is 5.91 Å². The van der Waals surface area contributed by atoms with Crippen LogP contribution in [0.1, 0.15) is 5.56 Å². The van der Waals surface area contributed by atoms with E-state index in [1.165, 1.54) is 0 Å². The lowest BCUT2D eigenvalue weighted by Crippen LogP contribution is -2.25. The van der Waals surface area contributed by atoms with E-state index in [0.717, 1.165) is 23.7 Å². The summed E-state index contributed by atoms with van der Waals surface area (Å²) in [6.07, 6.45) is 3.38. The summed E-state index contributed by atoms with van der Waals surface area (Å²) < 4.78 is 21.0. The van der Waals surface area contributed by atoms with Crippen LogP contribution in [-0.2, 0) is 14.3 Å². The van der Waals surface area contributed by atoms with Crippen molar-refractivity contribution in [3.05, 3.63) is 29.8 Å². The lowest BCUT2D eigenvalue weighted by Gasteiger charge is -2.12. The van der Waals surface area contributed by atoms with Crippen LogP contribution in [0.2, 0.25) is 0 Å². The van der Waals surface area contributed by atoms with Crippen LogP contribution in [0.5, 0.6) is 11.5 Å². The van der Waals surface area contributed by atoms with Crippen molar-refractivity contribution >= 4 is 23.7 Å². The summed E-state index contributed by atoms with van der Waals surface area (Å²) in [5.41, 5.74) is 0.875. The predicted molar refractivity (Wildman–Crippen MR) is 94.4 cm³/mol. The highest BCUT2D eigenvalue weighted by Gasteiger charge is 2.15. The Balaban J connectivity index is 1.91. The molecule has 7 heteroatoms. The zero-order valence-electron chi connectivity index (χ0n) is 14.0. The van der Waals surface area contributed by atoms with Gasteiger partial charge in [0.15, 0.2) is 18.3 Å². The number of benzene rings is 1. The fourth-order valence-corrected chi connectivity index (χ4v) is 3.03. The van der Waals surface area contributed by atoms with Gasteiger partial charge in [-0.2, -0.15) is 0 Å². The molecule has 0 saturated carbocycles. The van der Waals surface area contributed by atoms with Crippen LogP contribution in [0.15, 0.2) is 24.3 Å². The Kier molecular flexibility index (Phi) is 7.94. The number of ether oxygens (including phenoxy) is 4. The maximum absolute atomic E-state index is 12.0. The van der Waals surface area contributed by atoms with E-state index in [9.17, 15) is 4.79 Å². The molecule has 0 bridgehead atoms. The van der Waals surface area contributed by atoms with Crippen LogP contribution in [0.4, 0.5) is 0 Å². The minimum atomic E-state index is 0.0332. The molecular formula is C17H23NO5S. The molecule has 0 spiro atoms.